The summed E-state index contributed by atoms with van der Waals surface area (Å²) in [6, 6.07) is 31.3. The van der Waals surface area contributed by atoms with Gasteiger partial charge in [-0.05, 0) is 282 Å². The molecule has 4 aliphatic carbocycles. The molecule has 9 aromatic rings. The number of carbonyl (C=O) groups is 7. The molecule has 132 heavy (non-hydrogen) atoms. The number of aliphatic carboxylic acids is 1. The van der Waals surface area contributed by atoms with Crippen molar-refractivity contribution in [3.63, 3.8) is 0 Å². The maximum absolute atomic E-state index is 14.2. The first-order valence-electron chi connectivity index (χ1n) is 46.7. The molecule has 708 valence electrons. The molecule has 10 aliphatic rings. The summed E-state index contributed by atoms with van der Waals surface area (Å²) < 4.78 is 45.4. The highest BCUT2D eigenvalue weighted by atomic mass is 79.9. The molecular weight excluding hydrogens is 1950 g/mol. The van der Waals surface area contributed by atoms with E-state index in [1.807, 2.05) is 73.0 Å². The number of hydrogen-bond acceptors (Lipinski definition) is 19. The standard InChI is InChI=1S/C32H39N3O4S2.C31H36BrN3O4S.C26H31N3O3S.C7H11BrO2.C5H7BrO2/c1-21(2)39-27-20-23-22(18-26(27)38-3)9-14-35-25(19-24(29(23)35)28-8-5-17-41-28)30(36)33-12-7-13-34(16-15-33)31(37)32(40-4)10-6-11-32;1-20(2)39-26-19-22-21(17-25(26)38-3)8-13-35-24(18-23(28(22)35)27-7-4-16-40-27)29(36)33-11-6-12-34(15-14-33)30(37)31(32)9-5-10-31;1-17(2)32-23-16-19-18(14-22(23)31-3)7-11-29-21(26(30)28-10-5-8-27-9-12-28)15-20(25(19)29)24-6-4-13-33-24;1-2-10-6(9)7(8)4-3-5-7;6-5(4(7)8)2-1-3-5/h5,8,17-21H,6-7,9-16H2,1-4H3;4,7,16-20H,5-6,8-15H2,1-3H3;4,6,13-17,27H,5,7-12H2,1-3H3;2-5H2,1H3;1-3H2,(H,7,8). The van der Waals surface area contributed by atoms with E-state index in [-0.39, 0.29) is 62.9 Å². The number of benzene rings is 3. The van der Waals surface area contributed by atoms with Gasteiger partial charge in [-0.3, -0.25) is 33.6 Å². The minimum absolute atomic E-state index is 0.00873. The number of halogens is 3. The van der Waals surface area contributed by atoms with E-state index in [9.17, 15) is 33.6 Å². The fourth-order valence-corrected chi connectivity index (χ4v) is 24.3. The average Bonchev–Trinajstić information content (AvgIpc) is 1.59. The van der Waals surface area contributed by atoms with Crippen molar-refractivity contribution in [2.24, 2.45) is 0 Å². The van der Waals surface area contributed by atoms with Gasteiger partial charge >= 0.3 is 11.9 Å². The van der Waals surface area contributed by atoms with E-state index >= 15 is 0 Å². The Morgan fingerprint density at radius 1 is 0.409 bits per heavy atom. The average molecular weight is 2070 g/mol. The second-order valence-electron chi connectivity index (χ2n) is 36.3. The lowest BCUT2D eigenvalue weighted by Crippen LogP contribution is -2.51. The summed E-state index contributed by atoms with van der Waals surface area (Å²) in [7, 11) is 5.04. The zero-order valence-corrected chi connectivity index (χ0v) is 85.7. The number of fused-ring (bicyclic) bond motifs is 9. The molecule has 0 radical (unpaired) electrons. The van der Waals surface area contributed by atoms with Crippen molar-refractivity contribution in [1.82, 2.24) is 43.5 Å². The zero-order chi connectivity index (χ0) is 93.5. The van der Waals surface area contributed by atoms with Gasteiger partial charge in [0.15, 0.2) is 34.5 Å². The van der Waals surface area contributed by atoms with Gasteiger partial charge in [0.2, 0.25) is 11.8 Å². The van der Waals surface area contributed by atoms with Crippen LogP contribution in [0.1, 0.15) is 193 Å². The number of carboxylic acids is 1. The van der Waals surface area contributed by atoms with Crippen LogP contribution >= 0.6 is 93.6 Å². The van der Waals surface area contributed by atoms with Crippen LogP contribution in [0.2, 0.25) is 0 Å². The number of aromatic nitrogens is 3. The van der Waals surface area contributed by atoms with E-state index in [0.717, 1.165) is 249 Å². The minimum Gasteiger partial charge on any atom is -0.493 e. The maximum Gasteiger partial charge on any atom is 0.322 e. The second-order valence-corrected chi connectivity index (χ2v) is 44.9. The quantitative estimate of drug-likeness (QED) is 0.0501. The van der Waals surface area contributed by atoms with Gasteiger partial charge in [0, 0.05) is 140 Å². The van der Waals surface area contributed by atoms with Gasteiger partial charge in [-0.15, -0.1) is 45.8 Å². The van der Waals surface area contributed by atoms with Gasteiger partial charge in [0.1, 0.15) is 30.1 Å². The van der Waals surface area contributed by atoms with Crippen molar-refractivity contribution in [3.8, 4) is 99.6 Å². The highest BCUT2D eigenvalue weighted by Gasteiger charge is 2.48. The molecule has 3 saturated heterocycles. The number of rotatable bonds is 21. The number of esters is 1. The first-order valence-corrected chi connectivity index (χ1v) is 52.9. The topological polar surface area (TPSA) is 247 Å². The lowest BCUT2D eigenvalue weighted by Gasteiger charge is -2.42. The monoisotopic (exact) mass is 2070 g/mol. The summed E-state index contributed by atoms with van der Waals surface area (Å²) >= 11 is 16.9. The molecule has 0 spiro atoms. The number of alkyl halides is 3. The van der Waals surface area contributed by atoms with Crippen molar-refractivity contribution >= 4 is 135 Å². The van der Waals surface area contributed by atoms with Gasteiger partial charge in [0.25, 0.3) is 17.7 Å². The van der Waals surface area contributed by atoms with E-state index in [1.165, 1.54) is 21.6 Å². The third-order valence-corrected chi connectivity index (χ3v) is 34.2. The number of amides is 5. The third-order valence-electron chi connectivity index (χ3n) is 26.7. The van der Waals surface area contributed by atoms with Crippen molar-refractivity contribution in [1.29, 1.82) is 0 Å². The van der Waals surface area contributed by atoms with Crippen molar-refractivity contribution in [2.45, 2.75) is 220 Å². The molecule has 19 rings (SSSR count). The molecule has 12 heterocycles. The van der Waals surface area contributed by atoms with E-state index in [1.54, 1.807) is 67.1 Å². The number of nitrogens with zero attached hydrogens (tertiary/aromatic N) is 8. The van der Waals surface area contributed by atoms with Crippen molar-refractivity contribution in [2.75, 3.05) is 113 Å². The molecule has 7 fully saturated rings. The predicted octanol–water partition coefficient (Wildman–Crippen LogP) is 20.4. The molecule has 31 heteroatoms. The molecule has 0 bridgehead atoms. The van der Waals surface area contributed by atoms with E-state index in [0.29, 0.717) is 82.7 Å². The fourth-order valence-electron chi connectivity index (χ4n) is 19.0. The van der Waals surface area contributed by atoms with Gasteiger partial charge in [-0.2, -0.15) is 0 Å². The Kier molecular flexibility index (Phi) is 31.8. The predicted molar refractivity (Wildman–Crippen MR) is 536 cm³/mol. The Hall–Kier alpha value is -8.56. The zero-order valence-electron chi connectivity index (χ0n) is 77.7. The Balaban J connectivity index is 0.000000138. The highest BCUT2D eigenvalue weighted by molar-refractivity contribution is 9.10. The first kappa shape index (κ1) is 98.0. The van der Waals surface area contributed by atoms with Crippen LogP contribution in [0.3, 0.4) is 0 Å². The summed E-state index contributed by atoms with van der Waals surface area (Å²) in [5.74, 6) is 4.22. The van der Waals surface area contributed by atoms with Crippen LogP contribution in [0.4, 0.5) is 0 Å². The Morgan fingerprint density at radius 3 is 1.06 bits per heavy atom. The molecule has 2 N–H and O–H groups in total. The molecule has 4 saturated carbocycles. The Morgan fingerprint density at radius 2 is 0.758 bits per heavy atom. The fraction of sp³-hybridized carbons (Fsp3) is 0.515. The number of ether oxygens (including phenoxy) is 7. The summed E-state index contributed by atoms with van der Waals surface area (Å²) in [5.41, 5.74) is 15.6. The van der Waals surface area contributed by atoms with E-state index in [2.05, 4.69) is 180 Å². The molecule has 24 nitrogen and oxygen atoms in total. The number of aryl methyl sites for hydroxylation is 3. The third kappa shape index (κ3) is 20.9. The first-order chi connectivity index (χ1) is 63.5. The lowest BCUT2D eigenvalue weighted by atomic mass is 9.83. The summed E-state index contributed by atoms with van der Waals surface area (Å²) in [5, 5.41) is 18.1. The number of thiophene rings is 3. The molecule has 6 aromatic heterocycles. The number of carboxylic acid groups (broad SMARTS) is 1. The van der Waals surface area contributed by atoms with Crippen molar-refractivity contribution in [3.05, 3.63) is 141 Å². The summed E-state index contributed by atoms with van der Waals surface area (Å²) in [6.07, 6.45) is 18.6. The molecule has 5 amide bonds. The molecule has 3 aromatic carbocycles. The molecular formula is C101H124Br3N9O15S4. The number of carbonyl (C=O) groups excluding carboxylic acids is 6. The number of nitrogens with one attached hydrogen (secondary N) is 1. The van der Waals surface area contributed by atoms with Crippen LogP contribution in [0, 0.1) is 0 Å². The van der Waals surface area contributed by atoms with Gasteiger partial charge in [0.05, 0.1) is 68.1 Å². The second kappa shape index (κ2) is 42.8. The van der Waals surface area contributed by atoms with Crippen molar-refractivity contribution < 1.29 is 71.8 Å². The van der Waals surface area contributed by atoms with Crippen LogP contribution in [0.15, 0.2) is 107 Å². The highest BCUT2D eigenvalue weighted by Crippen LogP contribution is 2.52. The number of methoxy groups -OCH3 is 3. The number of hydrogen-bond donors (Lipinski definition) is 2. The van der Waals surface area contributed by atoms with E-state index < -0.39 is 14.6 Å². The largest absolute Gasteiger partial charge is 0.493 e. The lowest BCUT2D eigenvalue weighted by molar-refractivity contribution is -0.148. The van der Waals surface area contributed by atoms with Crippen LogP contribution in [0.5, 0.6) is 34.5 Å². The van der Waals surface area contributed by atoms with Gasteiger partial charge in [-0.25, -0.2) is 0 Å². The molecule has 0 atom stereocenters. The van der Waals surface area contributed by atoms with Crippen LogP contribution in [-0.2, 0) is 62.8 Å². The van der Waals surface area contributed by atoms with Gasteiger partial charge < -0.3 is 81.8 Å². The van der Waals surface area contributed by atoms with Crippen LogP contribution in [0.25, 0.3) is 65.1 Å². The van der Waals surface area contributed by atoms with Crippen LogP contribution < -0.4 is 33.7 Å². The van der Waals surface area contributed by atoms with E-state index in [4.69, 9.17) is 38.3 Å². The SMILES string of the molecule is CCOC(=O)C1(Br)CCC1.COc1cc2c(cc1OC(C)C)-c1c(-c3cccs3)cc(C(=O)N3CCCN(C(=O)C4(Br)CCC4)CC3)n1CC2.COc1cc2c(cc1OC(C)C)-c1c(-c3cccs3)cc(C(=O)N3CCCN(C(=O)C4(SC)CCC4)CC3)n1CC2.COc1cc2c(cc1OC(C)C)-c1c(-c3cccs3)cc(C(=O)N3CCCNCC3)n1CC2.O=C(O)C1(Br)CCC1. The minimum atomic E-state index is -0.719. The number of thioether (sulfide) groups is 1. The summed E-state index contributed by atoms with van der Waals surface area (Å²) in [4.78, 5) is 103. The Bertz CT molecular complexity index is 5620. The normalized spacial score (nSPS) is 18.0. The maximum atomic E-state index is 14.2. The summed E-state index contributed by atoms with van der Waals surface area (Å²) in [6.45, 7) is 24.9. The Labute approximate surface area is 816 Å². The van der Waals surface area contributed by atoms with Gasteiger partial charge in [-0.1, -0.05) is 66.0 Å². The molecule has 0 unspecified atom stereocenters. The van der Waals surface area contributed by atoms with Crippen LogP contribution in [-0.4, -0.2) is 234 Å². The smallest absolute Gasteiger partial charge is 0.322 e. The molecule has 6 aliphatic heterocycles.